The van der Waals surface area contributed by atoms with Gasteiger partial charge in [0.05, 0.1) is 43.0 Å². The molecular formula is C60H52I2N10O4. The number of rotatable bonds is 15. The molecule has 16 heteroatoms. The molecule has 0 unspecified atom stereocenters. The summed E-state index contributed by atoms with van der Waals surface area (Å²) in [6, 6.07) is 51.2. The van der Waals surface area contributed by atoms with Crippen LogP contribution < -0.4 is 22.5 Å². The standard InChI is InChI=1S/C36H30N6O2.C12H10I2O2.C12H12N4/c1-23-2-8-27(9-3-23)39-40-28-10-4-24(5-11-28)22-35(43)33-20-21-34(32-19-18-31(32)33)36(44)38-26-14-16-30(17-15-26)42-41-29-12-6-25(37)7-13-29;13-5-11(15)9-3-4-10(12(16)6-14)8-2-1-7(8)9;13-9-1-5-11(6-2-9)15-16-12-7-3-10(14)4-8-12/h2-17,20-21H,18-19,22,37H2,1H3,(H,38,44);3-4H,1-2,5-6H2;1-8H,13-14H2. The zero-order valence-electron chi connectivity index (χ0n) is 41.4. The van der Waals surface area contributed by atoms with Gasteiger partial charge < -0.3 is 22.5 Å². The Kier molecular flexibility index (Phi) is 18.5. The number of alkyl halides is 2. The summed E-state index contributed by atoms with van der Waals surface area (Å²) in [7, 11) is 0. The molecule has 0 saturated heterocycles. The first kappa shape index (κ1) is 54.2. The van der Waals surface area contributed by atoms with E-state index in [-0.39, 0.29) is 29.7 Å². The van der Waals surface area contributed by atoms with Crippen LogP contribution in [0.4, 0.5) is 56.9 Å². The van der Waals surface area contributed by atoms with Crippen LogP contribution in [0.3, 0.4) is 0 Å². The van der Waals surface area contributed by atoms with Gasteiger partial charge in [-0.1, -0.05) is 93.2 Å². The minimum atomic E-state index is -0.202. The van der Waals surface area contributed by atoms with Crippen LogP contribution in [0.2, 0.25) is 0 Å². The number of ketones is 3. The number of nitrogen functional groups attached to an aromatic ring is 3. The Labute approximate surface area is 467 Å². The summed E-state index contributed by atoms with van der Waals surface area (Å²) < 4.78 is 1.01. The molecule has 8 aromatic carbocycles. The second kappa shape index (κ2) is 25.9. The zero-order chi connectivity index (χ0) is 53.6. The number of nitrogens with zero attached hydrogens (tertiary/aromatic N) is 6. The highest BCUT2D eigenvalue weighted by Crippen LogP contribution is 2.33. The monoisotopic (exact) mass is 1230 g/mol. The fourth-order valence-electron chi connectivity index (χ4n) is 8.17. The number of hydrogen-bond acceptors (Lipinski definition) is 13. The van der Waals surface area contributed by atoms with Crippen molar-refractivity contribution >= 4 is 125 Å². The van der Waals surface area contributed by atoms with Gasteiger partial charge in [0.25, 0.3) is 5.91 Å². The molecule has 0 heterocycles. The lowest BCUT2D eigenvalue weighted by Crippen LogP contribution is -2.23. The molecule has 0 fully saturated rings. The van der Waals surface area contributed by atoms with Crippen molar-refractivity contribution in [1.82, 2.24) is 0 Å². The topological polar surface area (TPSA) is 233 Å². The van der Waals surface area contributed by atoms with Crippen molar-refractivity contribution in [2.75, 3.05) is 31.4 Å². The normalized spacial score (nSPS) is 12.0. The van der Waals surface area contributed by atoms with Crippen molar-refractivity contribution in [3.05, 3.63) is 225 Å². The SMILES string of the molecule is Cc1ccc(N=Nc2ccc(CC(=O)c3ccc(C(=O)Nc4ccc(N=Nc5ccc(N)cc5)cc4)c4c3CC4)cc2)cc1.Nc1ccc(N=Nc2ccc(N)cc2)cc1.O=C(CI)c1ccc(C(=O)CI)c2c1CC2. The lowest BCUT2D eigenvalue weighted by Gasteiger charge is -2.25. The van der Waals surface area contributed by atoms with E-state index in [9.17, 15) is 19.2 Å². The summed E-state index contributed by atoms with van der Waals surface area (Å²) in [5.74, 6) is 0.173. The minimum Gasteiger partial charge on any atom is -0.399 e. The third kappa shape index (κ3) is 14.4. The van der Waals surface area contributed by atoms with Crippen LogP contribution in [-0.4, -0.2) is 32.1 Å². The Morgan fingerprint density at radius 2 is 0.684 bits per heavy atom. The van der Waals surface area contributed by atoms with Gasteiger partial charge in [-0.05, 0) is 188 Å². The number of carbonyl (C=O) groups excluding carboxylic acids is 4. The van der Waals surface area contributed by atoms with E-state index in [1.54, 1.807) is 84.9 Å². The number of carbonyl (C=O) groups is 4. The van der Waals surface area contributed by atoms with Gasteiger partial charge in [-0.2, -0.15) is 30.7 Å². The van der Waals surface area contributed by atoms with Crippen LogP contribution in [0.1, 0.15) is 74.8 Å². The van der Waals surface area contributed by atoms with Gasteiger partial charge in [-0.15, -0.1) is 0 Å². The highest BCUT2D eigenvalue weighted by molar-refractivity contribution is 14.1. The maximum absolute atomic E-state index is 13.2. The molecule has 0 atom stereocenters. The average Bonchev–Trinajstić information content (AvgIpc) is 3.41. The van der Waals surface area contributed by atoms with E-state index in [0.29, 0.717) is 54.1 Å². The summed E-state index contributed by atoms with van der Waals surface area (Å²) in [6.45, 7) is 2.03. The number of fused-ring (bicyclic) bond motifs is 2. The van der Waals surface area contributed by atoms with Crippen molar-refractivity contribution < 1.29 is 19.2 Å². The Balaban J connectivity index is 0.000000193. The van der Waals surface area contributed by atoms with Crippen molar-refractivity contribution in [2.24, 2.45) is 30.7 Å². The number of benzene rings is 8. The number of aryl methyl sites for hydroxylation is 1. The molecule has 14 nitrogen and oxygen atoms in total. The second-order valence-corrected chi connectivity index (χ2v) is 19.4. The van der Waals surface area contributed by atoms with E-state index in [4.69, 9.17) is 17.2 Å². The van der Waals surface area contributed by atoms with Crippen molar-refractivity contribution in [1.29, 1.82) is 0 Å². The molecule has 10 rings (SSSR count). The molecule has 0 bridgehead atoms. The van der Waals surface area contributed by atoms with Gasteiger partial charge in [0.2, 0.25) is 0 Å². The van der Waals surface area contributed by atoms with Gasteiger partial charge in [0, 0.05) is 51.4 Å². The largest absolute Gasteiger partial charge is 0.399 e. The van der Waals surface area contributed by atoms with Crippen LogP contribution in [0.15, 0.2) is 201 Å². The summed E-state index contributed by atoms with van der Waals surface area (Å²) in [6.07, 6.45) is 3.70. The van der Waals surface area contributed by atoms with Crippen LogP contribution in [0, 0.1) is 6.92 Å². The van der Waals surface area contributed by atoms with E-state index in [0.717, 1.165) is 87.4 Å². The van der Waals surface area contributed by atoms with Crippen LogP contribution >= 0.6 is 45.2 Å². The molecule has 7 N–H and O–H groups in total. The summed E-state index contributed by atoms with van der Waals surface area (Å²) in [4.78, 5) is 49.7. The fraction of sp³-hybridized carbons (Fsp3) is 0.133. The van der Waals surface area contributed by atoms with Crippen LogP contribution in [0.5, 0.6) is 0 Å². The average molecular weight is 1230 g/mol. The first-order valence-electron chi connectivity index (χ1n) is 24.2. The van der Waals surface area contributed by atoms with E-state index in [2.05, 4.69) is 81.2 Å². The van der Waals surface area contributed by atoms with E-state index in [1.807, 2.05) is 91.9 Å². The number of azo groups is 3. The Morgan fingerprint density at radius 3 is 1.03 bits per heavy atom. The van der Waals surface area contributed by atoms with Crippen molar-refractivity contribution in [3.63, 3.8) is 0 Å². The third-order valence-electron chi connectivity index (χ3n) is 12.5. The lowest BCUT2D eigenvalue weighted by molar-refractivity contribution is 0.0985. The molecule has 2 aliphatic carbocycles. The molecule has 2 aliphatic rings. The van der Waals surface area contributed by atoms with Gasteiger partial charge in [0.15, 0.2) is 17.3 Å². The fourth-order valence-corrected chi connectivity index (χ4v) is 8.99. The molecule has 0 spiro atoms. The number of halogens is 2. The lowest BCUT2D eigenvalue weighted by atomic mass is 9.79. The van der Waals surface area contributed by atoms with E-state index in [1.165, 1.54) is 5.56 Å². The maximum Gasteiger partial charge on any atom is 0.255 e. The summed E-state index contributed by atoms with van der Waals surface area (Å²) >= 11 is 4.16. The predicted molar refractivity (Wildman–Crippen MR) is 319 cm³/mol. The third-order valence-corrected chi connectivity index (χ3v) is 13.9. The van der Waals surface area contributed by atoms with E-state index >= 15 is 0 Å². The number of hydrogen-bond donors (Lipinski definition) is 4. The van der Waals surface area contributed by atoms with Gasteiger partial charge in [0.1, 0.15) is 0 Å². The summed E-state index contributed by atoms with van der Waals surface area (Å²) in [5.41, 5.74) is 33.1. The second-order valence-electron chi connectivity index (χ2n) is 17.8. The number of nitrogens with two attached hydrogens (primary N) is 3. The quantitative estimate of drug-likeness (QED) is 0.0255. The van der Waals surface area contributed by atoms with Crippen molar-refractivity contribution in [2.45, 2.75) is 39.0 Å². The van der Waals surface area contributed by atoms with E-state index < -0.39 is 0 Å². The number of Topliss-reactive ketones (excluding diaryl/α,β-unsaturated/α-hetero) is 3. The van der Waals surface area contributed by atoms with Crippen LogP contribution in [0.25, 0.3) is 0 Å². The maximum atomic E-state index is 13.2. The first-order chi connectivity index (χ1) is 36.8. The minimum absolute atomic E-state index is 0.0330. The summed E-state index contributed by atoms with van der Waals surface area (Å²) in [5, 5.41) is 28.1. The predicted octanol–water partition coefficient (Wildman–Crippen LogP) is 15.5. The smallest absolute Gasteiger partial charge is 0.255 e. The highest BCUT2D eigenvalue weighted by Gasteiger charge is 2.28. The molecule has 8 aromatic rings. The molecular weight excluding hydrogens is 1180 g/mol. The Morgan fingerprint density at radius 1 is 0.395 bits per heavy atom. The molecule has 76 heavy (non-hydrogen) atoms. The molecule has 1 amide bonds. The van der Waals surface area contributed by atoms with Gasteiger partial charge >= 0.3 is 0 Å². The van der Waals surface area contributed by atoms with Crippen LogP contribution in [-0.2, 0) is 32.1 Å². The van der Waals surface area contributed by atoms with Crippen molar-refractivity contribution in [3.8, 4) is 0 Å². The molecule has 0 radical (unpaired) electrons. The number of amides is 1. The number of nitrogens with one attached hydrogen (secondary N) is 1. The number of anilines is 4. The Hall–Kier alpha value is -8.10. The molecule has 0 aliphatic heterocycles. The van der Waals surface area contributed by atoms with Gasteiger partial charge in [-0.25, -0.2) is 0 Å². The first-order valence-corrected chi connectivity index (χ1v) is 27.3. The molecule has 380 valence electrons. The molecule has 0 aromatic heterocycles. The molecule has 0 saturated carbocycles. The Bertz CT molecular complexity index is 3240. The zero-order valence-corrected chi connectivity index (χ0v) is 45.7. The van der Waals surface area contributed by atoms with Gasteiger partial charge in [-0.3, -0.25) is 19.2 Å². The highest BCUT2D eigenvalue weighted by atomic mass is 127.